The van der Waals surface area contributed by atoms with Crippen molar-refractivity contribution in [2.24, 2.45) is 0 Å². The lowest BCUT2D eigenvalue weighted by Gasteiger charge is -2.38. The molecule has 3 aliphatic heterocycles. The van der Waals surface area contributed by atoms with Crippen LogP contribution in [0.25, 0.3) is 0 Å². The van der Waals surface area contributed by atoms with Gasteiger partial charge in [0.05, 0.1) is 0 Å². The van der Waals surface area contributed by atoms with Crippen LogP contribution >= 0.6 is 0 Å². The van der Waals surface area contributed by atoms with E-state index >= 15 is 0 Å². The molecule has 2 aromatic carbocycles. The molecule has 0 spiro atoms. The van der Waals surface area contributed by atoms with Crippen molar-refractivity contribution in [3.63, 3.8) is 0 Å². The third kappa shape index (κ3) is 4.76. The summed E-state index contributed by atoms with van der Waals surface area (Å²) in [6.45, 7) is 5.46. The lowest BCUT2D eigenvalue weighted by atomic mass is 9.98. The van der Waals surface area contributed by atoms with E-state index in [2.05, 4.69) is 58.9 Å². The molecular formula is C27H32N4O3. The van der Waals surface area contributed by atoms with Crippen LogP contribution in [-0.4, -0.2) is 52.2 Å². The number of likely N-dealkylation sites (tertiary alicyclic amines) is 1. The highest BCUT2D eigenvalue weighted by Gasteiger charge is 2.39. The second-order valence-electron chi connectivity index (χ2n) is 9.81. The number of piperidine rings is 2. The molecule has 178 valence electrons. The molecule has 3 amide bonds. The second-order valence-corrected chi connectivity index (χ2v) is 9.81. The highest BCUT2D eigenvalue weighted by atomic mass is 16.2. The number of amides is 3. The van der Waals surface area contributed by atoms with Gasteiger partial charge in [0.15, 0.2) is 0 Å². The zero-order chi connectivity index (χ0) is 23.7. The van der Waals surface area contributed by atoms with Gasteiger partial charge in [0.25, 0.3) is 5.91 Å². The molecule has 0 aliphatic carbocycles. The van der Waals surface area contributed by atoms with Gasteiger partial charge in [-0.25, -0.2) is 0 Å². The molecule has 0 aromatic heterocycles. The summed E-state index contributed by atoms with van der Waals surface area (Å²) in [7, 11) is 0. The Hall–Kier alpha value is -3.03. The van der Waals surface area contributed by atoms with Crippen molar-refractivity contribution in [3.05, 3.63) is 70.8 Å². The van der Waals surface area contributed by atoms with Crippen LogP contribution in [0, 0.1) is 0 Å². The van der Waals surface area contributed by atoms with E-state index in [1.165, 1.54) is 12.0 Å². The Labute approximate surface area is 200 Å². The Morgan fingerprint density at radius 1 is 1.00 bits per heavy atom. The van der Waals surface area contributed by atoms with Gasteiger partial charge in [0, 0.05) is 50.2 Å². The average Bonchev–Trinajstić information content (AvgIpc) is 3.15. The van der Waals surface area contributed by atoms with Gasteiger partial charge >= 0.3 is 0 Å². The molecule has 3 aliphatic rings. The predicted octanol–water partition coefficient (Wildman–Crippen LogP) is 2.59. The number of benzene rings is 2. The molecule has 7 heteroatoms. The summed E-state index contributed by atoms with van der Waals surface area (Å²) in [6, 6.07) is 17.0. The van der Waals surface area contributed by atoms with Crippen LogP contribution < -0.4 is 10.6 Å². The van der Waals surface area contributed by atoms with Crippen LogP contribution in [0.2, 0.25) is 0 Å². The summed E-state index contributed by atoms with van der Waals surface area (Å²) in [5.41, 5.74) is 4.11. The van der Waals surface area contributed by atoms with Crippen molar-refractivity contribution in [2.75, 3.05) is 6.54 Å². The molecule has 3 heterocycles. The van der Waals surface area contributed by atoms with Crippen LogP contribution in [0.1, 0.15) is 59.7 Å². The maximum Gasteiger partial charge on any atom is 0.255 e. The summed E-state index contributed by atoms with van der Waals surface area (Å²) in [5, 5.41) is 6.08. The Kier molecular flexibility index (Phi) is 6.48. The van der Waals surface area contributed by atoms with E-state index in [0.29, 0.717) is 30.6 Å². The molecule has 0 bridgehead atoms. The first kappa shape index (κ1) is 22.7. The van der Waals surface area contributed by atoms with Crippen molar-refractivity contribution in [1.29, 1.82) is 0 Å². The van der Waals surface area contributed by atoms with Crippen LogP contribution in [0.5, 0.6) is 0 Å². The molecule has 7 nitrogen and oxygen atoms in total. The number of carbonyl (C=O) groups excluding carboxylic acids is 3. The largest absolute Gasteiger partial charge is 0.322 e. The number of rotatable bonds is 6. The van der Waals surface area contributed by atoms with Gasteiger partial charge in [-0.2, -0.15) is 0 Å². The Morgan fingerprint density at radius 3 is 2.62 bits per heavy atom. The molecule has 0 saturated carbocycles. The van der Waals surface area contributed by atoms with Crippen molar-refractivity contribution in [3.8, 4) is 0 Å². The van der Waals surface area contributed by atoms with Gasteiger partial charge in [0.1, 0.15) is 6.04 Å². The fourth-order valence-electron chi connectivity index (χ4n) is 5.38. The van der Waals surface area contributed by atoms with Gasteiger partial charge in [-0.3, -0.25) is 24.6 Å². The predicted molar refractivity (Wildman–Crippen MR) is 129 cm³/mol. The summed E-state index contributed by atoms with van der Waals surface area (Å²) >= 11 is 0. The van der Waals surface area contributed by atoms with Crippen LogP contribution in [-0.2, 0) is 29.2 Å². The summed E-state index contributed by atoms with van der Waals surface area (Å²) in [6.07, 6.45) is 2.98. The van der Waals surface area contributed by atoms with Crippen molar-refractivity contribution in [1.82, 2.24) is 20.4 Å². The first-order valence-corrected chi connectivity index (χ1v) is 12.3. The lowest BCUT2D eigenvalue weighted by Crippen LogP contribution is -2.52. The highest BCUT2D eigenvalue weighted by molar-refractivity contribution is 6.05. The topological polar surface area (TPSA) is 81.8 Å². The summed E-state index contributed by atoms with van der Waals surface area (Å²) < 4.78 is 0. The van der Waals surface area contributed by atoms with E-state index in [1.54, 1.807) is 4.90 Å². The zero-order valence-electron chi connectivity index (χ0n) is 19.6. The number of fused-ring (bicyclic) bond motifs is 1. The molecule has 2 fully saturated rings. The van der Waals surface area contributed by atoms with Crippen LogP contribution in [0.4, 0.5) is 0 Å². The monoisotopic (exact) mass is 460 g/mol. The van der Waals surface area contributed by atoms with Crippen LogP contribution in [0.15, 0.2) is 48.5 Å². The number of carbonyl (C=O) groups is 3. The number of hydrogen-bond donors (Lipinski definition) is 2. The normalized spacial score (nSPS) is 25.4. The lowest BCUT2D eigenvalue weighted by molar-refractivity contribution is -0.136. The molecule has 2 saturated heterocycles. The average molecular weight is 461 g/mol. The smallest absolute Gasteiger partial charge is 0.255 e. The Bertz CT molecular complexity index is 1090. The first-order chi connectivity index (χ1) is 16.5. The molecule has 5 rings (SSSR count). The minimum atomic E-state index is -0.570. The van der Waals surface area contributed by atoms with Gasteiger partial charge < -0.3 is 10.2 Å². The van der Waals surface area contributed by atoms with E-state index in [9.17, 15) is 14.4 Å². The number of nitrogens with one attached hydrogen (secondary N) is 2. The highest BCUT2D eigenvalue weighted by Crippen LogP contribution is 2.28. The van der Waals surface area contributed by atoms with Crippen molar-refractivity contribution >= 4 is 17.7 Å². The van der Waals surface area contributed by atoms with E-state index in [4.69, 9.17) is 0 Å². The second kappa shape index (κ2) is 9.68. The third-order valence-corrected chi connectivity index (χ3v) is 7.42. The Morgan fingerprint density at radius 2 is 1.82 bits per heavy atom. The van der Waals surface area contributed by atoms with Gasteiger partial charge in [-0.15, -0.1) is 0 Å². The van der Waals surface area contributed by atoms with Gasteiger partial charge in [0.2, 0.25) is 11.8 Å². The number of hydrogen-bond acceptors (Lipinski definition) is 5. The Balaban J connectivity index is 1.19. The molecular weight excluding hydrogens is 428 g/mol. The molecule has 2 N–H and O–H groups in total. The maximum absolute atomic E-state index is 12.9. The quantitative estimate of drug-likeness (QED) is 0.648. The van der Waals surface area contributed by atoms with Gasteiger partial charge in [-0.1, -0.05) is 42.5 Å². The molecule has 2 aromatic rings. The van der Waals surface area contributed by atoms with E-state index in [-0.39, 0.29) is 24.1 Å². The third-order valence-electron chi connectivity index (χ3n) is 7.42. The van der Waals surface area contributed by atoms with Crippen molar-refractivity contribution in [2.45, 2.75) is 70.4 Å². The minimum absolute atomic E-state index is 0.123. The fourth-order valence-corrected chi connectivity index (χ4v) is 5.38. The zero-order valence-corrected chi connectivity index (χ0v) is 19.6. The summed E-state index contributed by atoms with van der Waals surface area (Å²) in [4.78, 5) is 40.8. The fraction of sp³-hybridized carbons (Fsp3) is 0.444. The number of nitrogens with zero attached hydrogens (tertiary/aromatic N) is 2. The standard InChI is InChI=1S/C27H32N4O3/c1-18-7-9-22(17-30(18)15-19-5-3-2-4-6-19)28-14-20-8-10-23-21(13-20)16-31(27(23)34)24-11-12-25(32)29-26(24)33/h2-6,8,10,13,18,22,24,28H,7,9,11-12,14-17H2,1H3,(H,29,32,33)/t18-,22+,24?/m0/s1. The molecule has 34 heavy (non-hydrogen) atoms. The molecule has 3 atom stereocenters. The first-order valence-electron chi connectivity index (χ1n) is 12.3. The molecule has 1 unspecified atom stereocenters. The molecule has 0 radical (unpaired) electrons. The number of imide groups is 1. The summed E-state index contributed by atoms with van der Waals surface area (Å²) in [5.74, 6) is -0.758. The van der Waals surface area contributed by atoms with Crippen LogP contribution in [0.3, 0.4) is 0 Å². The van der Waals surface area contributed by atoms with E-state index < -0.39 is 6.04 Å². The maximum atomic E-state index is 12.9. The SMILES string of the molecule is C[C@H]1CC[C@@H](NCc2ccc3c(c2)CN(C2CCC(=O)NC2=O)C3=O)CN1Cc1ccccc1. The van der Waals surface area contributed by atoms with E-state index in [1.807, 2.05) is 12.1 Å². The van der Waals surface area contributed by atoms with Gasteiger partial charge in [-0.05, 0) is 48.9 Å². The minimum Gasteiger partial charge on any atom is -0.322 e. The van der Waals surface area contributed by atoms with E-state index in [0.717, 1.165) is 37.2 Å². The van der Waals surface area contributed by atoms with Crippen molar-refractivity contribution < 1.29 is 14.4 Å².